The van der Waals surface area contributed by atoms with Crippen molar-refractivity contribution < 1.29 is 4.39 Å². The van der Waals surface area contributed by atoms with Crippen molar-refractivity contribution >= 4 is 27.7 Å². The molecule has 17 heavy (non-hydrogen) atoms. The number of hydrogen-bond acceptors (Lipinski definition) is 3. The van der Waals surface area contributed by atoms with Gasteiger partial charge in [-0.3, -0.25) is 4.90 Å². The molecule has 0 amide bonds. The summed E-state index contributed by atoms with van der Waals surface area (Å²) in [6, 6.07) is 5.38. The van der Waals surface area contributed by atoms with Crippen molar-refractivity contribution in [2.75, 3.05) is 31.1 Å². The van der Waals surface area contributed by atoms with Crippen molar-refractivity contribution in [3.05, 3.63) is 34.1 Å². The van der Waals surface area contributed by atoms with Gasteiger partial charge in [-0.2, -0.15) is 11.8 Å². The highest BCUT2D eigenvalue weighted by Gasteiger charge is 2.21. The van der Waals surface area contributed by atoms with Crippen LogP contribution in [0.3, 0.4) is 0 Å². The summed E-state index contributed by atoms with van der Waals surface area (Å²) in [4.78, 5) is 2.39. The van der Waals surface area contributed by atoms with Gasteiger partial charge in [-0.05, 0) is 33.6 Å². The van der Waals surface area contributed by atoms with Crippen LogP contribution in [-0.2, 0) is 0 Å². The lowest BCUT2D eigenvalue weighted by atomic mass is 10.1. The summed E-state index contributed by atoms with van der Waals surface area (Å²) in [6.45, 7) is 2.69. The van der Waals surface area contributed by atoms with Crippen LogP contribution in [0.1, 0.15) is 11.6 Å². The van der Waals surface area contributed by atoms with Gasteiger partial charge < -0.3 is 5.73 Å². The Morgan fingerprint density at radius 2 is 2.12 bits per heavy atom. The highest BCUT2D eigenvalue weighted by atomic mass is 79.9. The zero-order valence-electron chi connectivity index (χ0n) is 9.53. The molecular formula is C12H16BrFN2S. The fourth-order valence-electron chi connectivity index (χ4n) is 2.10. The Balaban J connectivity index is 2.18. The molecule has 1 aliphatic heterocycles. The van der Waals surface area contributed by atoms with Crippen LogP contribution < -0.4 is 5.73 Å². The Labute approximate surface area is 114 Å². The standard InChI is InChI=1S/C12H16BrFN2S/c13-10-7-9(1-2-11(10)14)12(8-15)16-3-5-17-6-4-16/h1-2,7,12H,3-6,8,15H2. The van der Waals surface area contributed by atoms with Crippen LogP contribution in [0, 0.1) is 5.82 Å². The number of halogens is 2. The minimum Gasteiger partial charge on any atom is -0.329 e. The van der Waals surface area contributed by atoms with Crippen LogP contribution >= 0.6 is 27.7 Å². The third-order valence-corrected chi connectivity index (χ3v) is 4.59. The molecule has 94 valence electrons. The first-order chi connectivity index (χ1) is 8.22. The van der Waals surface area contributed by atoms with E-state index in [-0.39, 0.29) is 11.9 Å². The first-order valence-corrected chi connectivity index (χ1v) is 7.64. The molecule has 1 heterocycles. The molecular weight excluding hydrogens is 303 g/mol. The number of thioether (sulfide) groups is 1. The van der Waals surface area contributed by atoms with Gasteiger partial charge in [-0.1, -0.05) is 6.07 Å². The fraction of sp³-hybridized carbons (Fsp3) is 0.500. The summed E-state index contributed by atoms with van der Waals surface area (Å²) >= 11 is 5.20. The topological polar surface area (TPSA) is 29.3 Å². The Morgan fingerprint density at radius 3 is 2.71 bits per heavy atom. The summed E-state index contributed by atoms with van der Waals surface area (Å²) in [6.07, 6.45) is 0. The second-order valence-corrected chi connectivity index (χ2v) is 6.15. The fourth-order valence-corrected chi connectivity index (χ4v) is 3.43. The van der Waals surface area contributed by atoms with E-state index in [0.29, 0.717) is 11.0 Å². The van der Waals surface area contributed by atoms with Gasteiger partial charge in [0.05, 0.1) is 4.47 Å². The monoisotopic (exact) mass is 318 g/mol. The van der Waals surface area contributed by atoms with Gasteiger partial charge in [0.2, 0.25) is 0 Å². The average molecular weight is 319 g/mol. The summed E-state index contributed by atoms with van der Waals surface area (Å²) in [5, 5.41) is 0. The molecule has 0 radical (unpaired) electrons. The SMILES string of the molecule is NCC(c1ccc(F)c(Br)c1)N1CCSCC1. The number of rotatable bonds is 3. The minimum atomic E-state index is -0.223. The second kappa shape index (κ2) is 6.18. The maximum atomic E-state index is 13.2. The van der Waals surface area contributed by atoms with Gasteiger partial charge in [0.25, 0.3) is 0 Å². The van der Waals surface area contributed by atoms with E-state index in [0.717, 1.165) is 30.2 Å². The smallest absolute Gasteiger partial charge is 0.137 e. The van der Waals surface area contributed by atoms with E-state index < -0.39 is 0 Å². The predicted molar refractivity (Wildman–Crippen MR) is 74.8 cm³/mol. The number of hydrogen-bond donors (Lipinski definition) is 1. The lowest BCUT2D eigenvalue weighted by Crippen LogP contribution is -2.39. The summed E-state index contributed by atoms with van der Waals surface area (Å²) in [5.41, 5.74) is 6.96. The molecule has 1 fully saturated rings. The maximum Gasteiger partial charge on any atom is 0.137 e. The molecule has 2 nitrogen and oxygen atoms in total. The molecule has 2 rings (SSSR count). The molecule has 5 heteroatoms. The highest BCUT2D eigenvalue weighted by molar-refractivity contribution is 9.10. The second-order valence-electron chi connectivity index (χ2n) is 4.07. The zero-order chi connectivity index (χ0) is 12.3. The minimum absolute atomic E-state index is 0.202. The number of benzene rings is 1. The Kier molecular flexibility index (Phi) is 4.85. The van der Waals surface area contributed by atoms with Gasteiger partial charge in [0, 0.05) is 37.2 Å². The van der Waals surface area contributed by atoms with Crippen molar-refractivity contribution in [3.8, 4) is 0 Å². The van der Waals surface area contributed by atoms with Gasteiger partial charge in [-0.25, -0.2) is 4.39 Å². The quantitative estimate of drug-likeness (QED) is 0.929. The highest BCUT2D eigenvalue weighted by Crippen LogP contribution is 2.26. The van der Waals surface area contributed by atoms with Gasteiger partial charge in [0.15, 0.2) is 0 Å². The summed E-state index contributed by atoms with van der Waals surface area (Å²) < 4.78 is 13.7. The van der Waals surface area contributed by atoms with Crippen LogP contribution in [0.2, 0.25) is 0 Å². The van der Waals surface area contributed by atoms with Crippen molar-refractivity contribution in [2.24, 2.45) is 5.73 Å². The van der Waals surface area contributed by atoms with Crippen LogP contribution in [-0.4, -0.2) is 36.0 Å². The van der Waals surface area contributed by atoms with Gasteiger partial charge >= 0.3 is 0 Å². The van der Waals surface area contributed by atoms with Crippen LogP contribution in [0.25, 0.3) is 0 Å². The van der Waals surface area contributed by atoms with Crippen LogP contribution in [0.5, 0.6) is 0 Å². The van der Waals surface area contributed by atoms with E-state index in [1.807, 2.05) is 23.9 Å². The molecule has 0 spiro atoms. The zero-order valence-corrected chi connectivity index (χ0v) is 11.9. The van der Waals surface area contributed by atoms with E-state index in [1.165, 1.54) is 6.07 Å². The molecule has 1 aromatic rings. The predicted octanol–water partition coefficient (Wildman–Crippen LogP) is 2.64. The van der Waals surface area contributed by atoms with E-state index in [2.05, 4.69) is 20.8 Å². The van der Waals surface area contributed by atoms with E-state index in [9.17, 15) is 4.39 Å². The summed E-state index contributed by atoms with van der Waals surface area (Å²) in [7, 11) is 0. The normalized spacial score (nSPS) is 19.2. The molecule has 1 atom stereocenters. The van der Waals surface area contributed by atoms with Crippen molar-refractivity contribution in [1.82, 2.24) is 4.90 Å². The van der Waals surface area contributed by atoms with Crippen molar-refractivity contribution in [3.63, 3.8) is 0 Å². The molecule has 2 N–H and O–H groups in total. The van der Waals surface area contributed by atoms with Crippen molar-refractivity contribution in [2.45, 2.75) is 6.04 Å². The van der Waals surface area contributed by atoms with Crippen molar-refractivity contribution in [1.29, 1.82) is 0 Å². The molecule has 0 saturated carbocycles. The first kappa shape index (κ1) is 13.3. The average Bonchev–Trinajstić information content (AvgIpc) is 2.36. The Hall–Kier alpha value is -0.100. The van der Waals surface area contributed by atoms with Crippen LogP contribution in [0.4, 0.5) is 4.39 Å². The molecule has 0 aromatic heterocycles. The molecule has 1 aromatic carbocycles. The first-order valence-electron chi connectivity index (χ1n) is 5.69. The van der Waals surface area contributed by atoms with Gasteiger partial charge in [-0.15, -0.1) is 0 Å². The van der Waals surface area contributed by atoms with E-state index in [1.54, 1.807) is 0 Å². The van der Waals surface area contributed by atoms with Gasteiger partial charge in [0.1, 0.15) is 5.82 Å². The van der Waals surface area contributed by atoms with E-state index in [4.69, 9.17) is 5.73 Å². The third-order valence-electron chi connectivity index (χ3n) is 3.04. The Morgan fingerprint density at radius 1 is 1.41 bits per heavy atom. The van der Waals surface area contributed by atoms with Crippen LogP contribution in [0.15, 0.2) is 22.7 Å². The molecule has 0 aliphatic carbocycles. The third kappa shape index (κ3) is 3.22. The molecule has 0 bridgehead atoms. The number of nitrogens with zero attached hydrogens (tertiary/aromatic N) is 1. The maximum absolute atomic E-state index is 13.2. The lowest BCUT2D eigenvalue weighted by Gasteiger charge is -2.34. The Bertz CT molecular complexity index is 383. The number of nitrogens with two attached hydrogens (primary N) is 1. The molecule has 1 saturated heterocycles. The van der Waals surface area contributed by atoms with E-state index >= 15 is 0 Å². The largest absolute Gasteiger partial charge is 0.329 e. The molecule has 1 unspecified atom stereocenters. The summed E-state index contributed by atoms with van der Waals surface area (Å²) in [5.74, 6) is 2.08. The molecule has 1 aliphatic rings. The lowest BCUT2D eigenvalue weighted by molar-refractivity contribution is 0.223.